The highest BCUT2D eigenvalue weighted by atomic mass is 35.5. The average Bonchev–Trinajstić information content (AvgIpc) is 3.66. The third-order valence-electron chi connectivity index (χ3n) is 6.66. The molecule has 0 spiro atoms. The molecule has 1 unspecified atom stereocenters. The summed E-state index contributed by atoms with van der Waals surface area (Å²) >= 11 is 6.25. The summed E-state index contributed by atoms with van der Waals surface area (Å²) in [5, 5.41) is 18.7. The summed E-state index contributed by atoms with van der Waals surface area (Å²) in [6, 6.07) is 18.7. The lowest BCUT2D eigenvalue weighted by Gasteiger charge is -2.38. The summed E-state index contributed by atoms with van der Waals surface area (Å²) < 4.78 is 3.03. The number of fused-ring (bicyclic) bond motifs is 1. The predicted octanol–water partition coefficient (Wildman–Crippen LogP) is 2.39. The van der Waals surface area contributed by atoms with E-state index in [0.717, 1.165) is 11.1 Å². The number of tetrazole rings is 1. The quantitative estimate of drug-likeness (QED) is 0.326. The van der Waals surface area contributed by atoms with Gasteiger partial charge in [-0.15, -0.1) is 5.10 Å². The van der Waals surface area contributed by atoms with Crippen LogP contribution in [0.3, 0.4) is 0 Å². The van der Waals surface area contributed by atoms with Crippen molar-refractivity contribution in [2.45, 2.75) is 12.5 Å². The number of hydrogen-bond acceptors (Lipinski definition) is 7. The number of aromatic nitrogens is 6. The van der Waals surface area contributed by atoms with Gasteiger partial charge in [-0.25, -0.2) is 4.52 Å². The second-order valence-electron chi connectivity index (χ2n) is 9.20. The Kier molecular flexibility index (Phi) is 6.66. The Bertz CT molecular complexity index is 1710. The predicted molar refractivity (Wildman–Crippen MR) is 146 cm³/mol. The first-order chi connectivity index (χ1) is 19.5. The van der Waals surface area contributed by atoms with Gasteiger partial charge in [0, 0.05) is 17.6 Å². The zero-order valence-electron chi connectivity index (χ0n) is 21.0. The minimum absolute atomic E-state index is 0.225. The molecule has 0 aliphatic carbocycles. The fourth-order valence-electron chi connectivity index (χ4n) is 4.71. The van der Waals surface area contributed by atoms with E-state index in [1.165, 1.54) is 20.8 Å². The van der Waals surface area contributed by atoms with Crippen LogP contribution >= 0.6 is 11.6 Å². The summed E-state index contributed by atoms with van der Waals surface area (Å²) in [6.07, 6.45) is 4.96. The van der Waals surface area contributed by atoms with Crippen molar-refractivity contribution < 1.29 is 14.4 Å². The van der Waals surface area contributed by atoms with E-state index in [-0.39, 0.29) is 31.3 Å². The van der Waals surface area contributed by atoms with Crippen molar-refractivity contribution in [1.29, 1.82) is 0 Å². The van der Waals surface area contributed by atoms with Crippen LogP contribution in [0, 0.1) is 0 Å². The van der Waals surface area contributed by atoms with Gasteiger partial charge in [-0.1, -0.05) is 41.9 Å². The molecule has 4 heterocycles. The molecule has 0 bridgehead atoms. The van der Waals surface area contributed by atoms with E-state index in [2.05, 4.69) is 25.9 Å². The lowest BCUT2D eigenvalue weighted by Crippen LogP contribution is -2.60. The maximum Gasteiger partial charge on any atom is 0.247 e. The normalized spacial score (nSPS) is 14.5. The number of nitrogens with one attached hydrogen (secondary N) is 1. The Balaban J connectivity index is 1.29. The SMILES string of the molecule is O=C(Nc1ccc2ccnn2c1)C(Cc1ccccc1)N1CC(=O)N(c2cc(Cl)ccc2-n2cnnn2)CC1=O. The molecule has 6 rings (SSSR count). The number of hydrogen-bond donors (Lipinski definition) is 1. The molecule has 1 saturated heterocycles. The van der Waals surface area contributed by atoms with E-state index < -0.39 is 11.9 Å². The van der Waals surface area contributed by atoms with Crippen LogP contribution in [0.25, 0.3) is 11.2 Å². The molecule has 1 atom stereocenters. The van der Waals surface area contributed by atoms with Gasteiger partial charge in [-0.3, -0.25) is 19.3 Å². The van der Waals surface area contributed by atoms with Crippen LogP contribution in [-0.2, 0) is 20.8 Å². The number of anilines is 2. The van der Waals surface area contributed by atoms with Gasteiger partial charge in [-0.2, -0.15) is 9.78 Å². The highest BCUT2D eigenvalue weighted by molar-refractivity contribution is 6.31. The second-order valence-corrected chi connectivity index (χ2v) is 9.64. The summed E-state index contributed by atoms with van der Waals surface area (Å²) in [4.78, 5) is 43.4. The molecule has 13 heteroatoms. The summed E-state index contributed by atoms with van der Waals surface area (Å²) in [6.45, 7) is -0.588. The number of piperazine rings is 1. The highest BCUT2D eigenvalue weighted by Crippen LogP contribution is 2.30. The number of nitrogens with zero attached hydrogens (tertiary/aromatic N) is 8. The zero-order chi connectivity index (χ0) is 27.6. The molecule has 1 N–H and O–H groups in total. The average molecular weight is 556 g/mol. The number of benzene rings is 2. The van der Waals surface area contributed by atoms with Crippen LogP contribution in [0.4, 0.5) is 11.4 Å². The van der Waals surface area contributed by atoms with Gasteiger partial charge in [0.1, 0.15) is 25.5 Å². The van der Waals surface area contributed by atoms with Gasteiger partial charge in [-0.05, 0) is 52.4 Å². The van der Waals surface area contributed by atoms with Crippen molar-refractivity contribution in [3.63, 3.8) is 0 Å². The highest BCUT2D eigenvalue weighted by Gasteiger charge is 2.39. The Morgan fingerprint density at radius 1 is 0.975 bits per heavy atom. The smallest absolute Gasteiger partial charge is 0.247 e. The van der Waals surface area contributed by atoms with Crippen molar-refractivity contribution in [1.82, 2.24) is 34.7 Å². The van der Waals surface area contributed by atoms with E-state index in [4.69, 9.17) is 11.6 Å². The first-order valence-electron chi connectivity index (χ1n) is 12.4. The van der Waals surface area contributed by atoms with Crippen LogP contribution in [0.5, 0.6) is 0 Å². The molecule has 3 aromatic heterocycles. The number of pyridine rings is 1. The Hall–Kier alpha value is -5.10. The van der Waals surface area contributed by atoms with E-state index >= 15 is 0 Å². The topological polar surface area (TPSA) is 131 Å². The molecule has 1 aliphatic rings. The molecule has 0 radical (unpaired) electrons. The van der Waals surface area contributed by atoms with Crippen molar-refractivity contribution in [3.8, 4) is 5.69 Å². The van der Waals surface area contributed by atoms with Crippen molar-refractivity contribution in [2.75, 3.05) is 23.3 Å². The minimum Gasteiger partial charge on any atom is -0.323 e. The number of amides is 3. The van der Waals surface area contributed by atoms with Crippen molar-refractivity contribution in [2.24, 2.45) is 0 Å². The third-order valence-corrected chi connectivity index (χ3v) is 6.89. The van der Waals surface area contributed by atoms with Gasteiger partial charge >= 0.3 is 0 Å². The Morgan fingerprint density at radius 2 is 1.82 bits per heavy atom. The summed E-state index contributed by atoms with van der Waals surface area (Å²) in [5.74, 6) is -1.18. The van der Waals surface area contributed by atoms with E-state index in [1.807, 2.05) is 42.5 Å². The molecular formula is C27H22ClN9O3. The zero-order valence-corrected chi connectivity index (χ0v) is 21.7. The molecule has 2 aromatic carbocycles. The van der Waals surface area contributed by atoms with Gasteiger partial charge in [0.25, 0.3) is 0 Å². The molecule has 12 nitrogen and oxygen atoms in total. The second kappa shape index (κ2) is 10.6. The van der Waals surface area contributed by atoms with E-state index in [0.29, 0.717) is 22.1 Å². The van der Waals surface area contributed by atoms with Crippen LogP contribution in [0.1, 0.15) is 5.56 Å². The molecule has 1 fully saturated rings. The maximum absolute atomic E-state index is 13.6. The monoisotopic (exact) mass is 555 g/mol. The Morgan fingerprint density at radius 3 is 2.62 bits per heavy atom. The fraction of sp³-hybridized carbons (Fsp3) is 0.148. The van der Waals surface area contributed by atoms with E-state index in [1.54, 1.807) is 41.2 Å². The number of carbonyl (C=O) groups excluding carboxylic acids is 3. The van der Waals surface area contributed by atoms with E-state index in [9.17, 15) is 14.4 Å². The minimum atomic E-state index is -0.937. The van der Waals surface area contributed by atoms with Gasteiger partial charge in [0.15, 0.2) is 0 Å². The van der Waals surface area contributed by atoms with Crippen LogP contribution in [0.2, 0.25) is 5.02 Å². The van der Waals surface area contributed by atoms with Crippen molar-refractivity contribution >= 4 is 46.2 Å². The number of rotatable bonds is 7. The molecule has 3 amide bonds. The lowest BCUT2D eigenvalue weighted by atomic mass is 10.0. The number of carbonyl (C=O) groups is 3. The lowest BCUT2D eigenvalue weighted by molar-refractivity contribution is -0.143. The Labute approximate surface area is 232 Å². The first-order valence-corrected chi connectivity index (χ1v) is 12.7. The van der Waals surface area contributed by atoms with Gasteiger partial charge in [0.05, 0.1) is 28.8 Å². The van der Waals surface area contributed by atoms with Gasteiger partial charge < -0.3 is 10.2 Å². The van der Waals surface area contributed by atoms with Crippen LogP contribution in [0.15, 0.2) is 85.5 Å². The largest absolute Gasteiger partial charge is 0.323 e. The summed E-state index contributed by atoms with van der Waals surface area (Å²) in [7, 11) is 0. The van der Waals surface area contributed by atoms with Gasteiger partial charge in [0.2, 0.25) is 17.7 Å². The maximum atomic E-state index is 13.6. The standard InChI is InChI=1S/C27H22ClN9O3/c28-19-6-9-22(37-17-29-32-33-37)23(13-19)34-15-26(39)35(16-25(34)38)24(12-18-4-2-1-3-5-18)27(40)31-20-7-8-21-10-11-30-36(21)14-20/h1-11,13-14,17,24H,12,15-16H2,(H,31,40). The van der Waals surface area contributed by atoms with Crippen molar-refractivity contribution in [3.05, 3.63) is 96.0 Å². The van der Waals surface area contributed by atoms with Crippen LogP contribution < -0.4 is 10.2 Å². The molecule has 0 saturated carbocycles. The number of halogens is 1. The molecule has 40 heavy (non-hydrogen) atoms. The summed E-state index contributed by atoms with van der Waals surface area (Å²) in [5.41, 5.74) is 3.11. The molecule has 200 valence electrons. The molecule has 1 aliphatic heterocycles. The fourth-order valence-corrected chi connectivity index (χ4v) is 4.88. The van der Waals surface area contributed by atoms with Crippen LogP contribution in [-0.4, -0.2) is 71.6 Å². The first kappa shape index (κ1) is 25.2. The molecule has 5 aromatic rings. The third kappa shape index (κ3) is 4.99. The molecular weight excluding hydrogens is 534 g/mol.